The van der Waals surface area contributed by atoms with Crippen LogP contribution in [0.3, 0.4) is 0 Å². The molecule has 0 spiro atoms. The number of hydrogen-bond donors (Lipinski definition) is 0. The molecule has 0 aliphatic carbocycles. The molecule has 0 aliphatic heterocycles. The summed E-state index contributed by atoms with van der Waals surface area (Å²) in [4.78, 5) is 11.0. The highest BCUT2D eigenvalue weighted by atomic mass is 32.1. The Hall–Kier alpha value is -7.08. The molecule has 4 aromatic heterocycles. The second-order valence-electron chi connectivity index (χ2n) is 14.8. The van der Waals surface area contributed by atoms with Gasteiger partial charge in [-0.2, -0.15) is 0 Å². The number of para-hydroxylation sites is 1. The Labute approximate surface area is 315 Å². The summed E-state index contributed by atoms with van der Waals surface area (Å²) < 4.78 is 11.5. The van der Waals surface area contributed by atoms with E-state index in [-0.39, 0.29) is 0 Å². The summed E-state index contributed by atoms with van der Waals surface area (Å²) in [7, 11) is 0. The number of benzene rings is 8. The average Bonchev–Trinajstić information content (AvgIpc) is 3.97. The van der Waals surface area contributed by atoms with Crippen LogP contribution in [-0.2, 0) is 0 Å². The average molecular weight is 716 g/mol. The van der Waals surface area contributed by atoms with Crippen molar-refractivity contribution in [1.82, 2.24) is 14.5 Å². The summed E-state index contributed by atoms with van der Waals surface area (Å²) in [5, 5.41) is 18.7. The number of rotatable bonds is 2. The van der Waals surface area contributed by atoms with Crippen LogP contribution in [0.25, 0.3) is 135 Å². The van der Waals surface area contributed by atoms with Gasteiger partial charge in [0.1, 0.15) is 16.8 Å². The molecule has 14 rings (SSSR count). The molecular formula is C50H25N3OS. The Morgan fingerprint density at radius 1 is 0.418 bits per heavy atom. The van der Waals surface area contributed by atoms with Crippen LogP contribution in [0.5, 0.6) is 0 Å². The number of aromatic nitrogens is 3. The molecule has 4 nitrogen and oxygen atoms in total. The van der Waals surface area contributed by atoms with E-state index in [9.17, 15) is 0 Å². The normalized spacial score (nSPS) is 12.7. The lowest BCUT2D eigenvalue weighted by Crippen LogP contribution is -2.03. The van der Waals surface area contributed by atoms with Crippen molar-refractivity contribution in [3.63, 3.8) is 0 Å². The summed E-state index contributed by atoms with van der Waals surface area (Å²) >= 11 is 1.82. The van der Waals surface area contributed by atoms with Crippen LogP contribution in [0, 0.1) is 0 Å². The van der Waals surface area contributed by atoms with E-state index >= 15 is 0 Å². The van der Waals surface area contributed by atoms with Crippen LogP contribution in [0.4, 0.5) is 0 Å². The Morgan fingerprint density at radius 2 is 1.04 bits per heavy atom. The lowest BCUT2D eigenvalue weighted by Gasteiger charge is -2.11. The molecule has 0 atom stereocenters. The first-order valence-electron chi connectivity index (χ1n) is 18.7. The SMILES string of the molecule is c1ccc2c(c1)oc1c(-c3ccc4c(c3)sc3ccccc34)nc(-n3c4cccc5c6ccccc6c6ccc7c8ccccc8c8cc3c(c6c78)c54)nc12. The van der Waals surface area contributed by atoms with Crippen molar-refractivity contribution in [2.75, 3.05) is 0 Å². The highest BCUT2D eigenvalue weighted by Crippen LogP contribution is 2.50. The topological polar surface area (TPSA) is 43.9 Å². The maximum atomic E-state index is 6.65. The fourth-order valence-corrected chi connectivity index (χ4v) is 11.0. The van der Waals surface area contributed by atoms with Gasteiger partial charge in [-0.05, 0) is 84.9 Å². The quantitative estimate of drug-likeness (QED) is 0.179. The van der Waals surface area contributed by atoms with Crippen molar-refractivity contribution in [2.24, 2.45) is 0 Å². The number of nitrogens with zero attached hydrogens (tertiary/aromatic N) is 3. The zero-order valence-corrected chi connectivity index (χ0v) is 29.9. The summed E-state index contributed by atoms with van der Waals surface area (Å²) in [5.41, 5.74) is 6.31. The van der Waals surface area contributed by atoms with Gasteiger partial charge in [0.2, 0.25) is 5.95 Å². The zero-order valence-electron chi connectivity index (χ0n) is 29.1. The van der Waals surface area contributed by atoms with Gasteiger partial charge in [0, 0.05) is 47.3 Å². The van der Waals surface area contributed by atoms with Gasteiger partial charge in [0.05, 0.1) is 11.0 Å². The Bertz CT molecular complexity index is 3960. The van der Waals surface area contributed by atoms with Crippen molar-refractivity contribution >= 4 is 129 Å². The predicted octanol–water partition coefficient (Wildman–Crippen LogP) is 14.1. The number of fused-ring (bicyclic) bond motifs is 12. The van der Waals surface area contributed by atoms with Crippen LogP contribution >= 0.6 is 11.3 Å². The molecule has 0 aliphatic rings. The summed E-state index contributed by atoms with van der Waals surface area (Å²) in [6, 6.07) is 55.1. The molecule has 0 N–H and O–H groups in total. The summed E-state index contributed by atoms with van der Waals surface area (Å²) in [5.74, 6) is 0.632. The van der Waals surface area contributed by atoms with Gasteiger partial charge in [-0.1, -0.05) is 115 Å². The van der Waals surface area contributed by atoms with Crippen molar-refractivity contribution < 1.29 is 4.42 Å². The molecule has 4 heterocycles. The third kappa shape index (κ3) is 3.48. The first-order valence-corrected chi connectivity index (χ1v) is 19.5. The van der Waals surface area contributed by atoms with Gasteiger partial charge in [-0.25, -0.2) is 9.97 Å². The third-order valence-electron chi connectivity index (χ3n) is 12.1. The molecule has 10 aromatic carbocycles. The number of furan rings is 1. The van der Waals surface area contributed by atoms with E-state index in [4.69, 9.17) is 14.4 Å². The second kappa shape index (κ2) is 9.91. The van der Waals surface area contributed by atoms with Gasteiger partial charge in [-0.15, -0.1) is 11.3 Å². The summed E-state index contributed by atoms with van der Waals surface area (Å²) in [6.45, 7) is 0. The molecule has 0 saturated carbocycles. The fourth-order valence-electron chi connectivity index (χ4n) is 9.85. The molecule has 0 saturated heterocycles. The van der Waals surface area contributed by atoms with Gasteiger partial charge in [0.15, 0.2) is 5.58 Å². The lowest BCUT2D eigenvalue weighted by atomic mass is 9.97. The van der Waals surface area contributed by atoms with Crippen LogP contribution < -0.4 is 0 Å². The summed E-state index contributed by atoms with van der Waals surface area (Å²) in [6.07, 6.45) is 0. The molecule has 0 fully saturated rings. The molecule has 0 unspecified atom stereocenters. The third-order valence-corrected chi connectivity index (χ3v) is 13.2. The Morgan fingerprint density at radius 3 is 1.84 bits per heavy atom. The number of thiophene rings is 1. The Kier molecular flexibility index (Phi) is 5.12. The smallest absolute Gasteiger partial charge is 0.236 e. The van der Waals surface area contributed by atoms with E-state index in [1.807, 2.05) is 23.5 Å². The molecule has 14 aromatic rings. The molecular weight excluding hydrogens is 691 g/mol. The highest BCUT2D eigenvalue weighted by Gasteiger charge is 2.26. The molecule has 5 heteroatoms. The Balaban J connectivity index is 1.19. The van der Waals surface area contributed by atoms with E-state index in [0.29, 0.717) is 11.5 Å². The molecule has 0 bridgehead atoms. The molecule has 55 heavy (non-hydrogen) atoms. The van der Waals surface area contributed by atoms with Crippen LogP contribution in [0.2, 0.25) is 0 Å². The zero-order chi connectivity index (χ0) is 35.5. The number of hydrogen-bond acceptors (Lipinski definition) is 4. The van der Waals surface area contributed by atoms with Gasteiger partial charge >= 0.3 is 0 Å². The van der Waals surface area contributed by atoms with Gasteiger partial charge in [0.25, 0.3) is 0 Å². The van der Waals surface area contributed by atoms with Crippen LogP contribution in [-0.4, -0.2) is 14.5 Å². The van der Waals surface area contributed by atoms with E-state index in [1.54, 1.807) is 0 Å². The maximum absolute atomic E-state index is 6.65. The minimum Gasteiger partial charge on any atom is -0.452 e. The first kappa shape index (κ1) is 28.4. The van der Waals surface area contributed by atoms with Gasteiger partial charge in [-0.3, -0.25) is 4.57 Å². The standard InChI is InChI=1S/C50H25N3OS/c1-2-11-28-27(10-1)33-16-9-17-38-44(33)46-39(25-37-30-13-4-3-12-29(30)34-22-23-35(28)45(46)43(34)37)53(38)50-51-47(49-48(52-50)36-15-5-7-18-40(36)54-49)26-20-21-32-31-14-6-8-19-41(31)55-42(32)24-26/h1-25H. The van der Waals surface area contributed by atoms with Crippen LogP contribution in [0.15, 0.2) is 156 Å². The molecule has 252 valence electrons. The van der Waals surface area contributed by atoms with Gasteiger partial charge < -0.3 is 4.42 Å². The van der Waals surface area contributed by atoms with Crippen molar-refractivity contribution in [2.45, 2.75) is 0 Å². The monoisotopic (exact) mass is 715 g/mol. The van der Waals surface area contributed by atoms with Crippen LogP contribution in [0.1, 0.15) is 0 Å². The lowest BCUT2D eigenvalue weighted by molar-refractivity contribution is 0.666. The van der Waals surface area contributed by atoms with E-state index in [2.05, 4.69) is 144 Å². The van der Waals surface area contributed by atoms with Crippen molar-refractivity contribution in [1.29, 1.82) is 0 Å². The van der Waals surface area contributed by atoms with Crippen molar-refractivity contribution in [3.8, 4) is 17.2 Å². The minimum absolute atomic E-state index is 0.632. The molecule has 0 amide bonds. The predicted molar refractivity (Wildman–Crippen MR) is 232 cm³/mol. The van der Waals surface area contributed by atoms with E-state index < -0.39 is 0 Å². The first-order chi connectivity index (χ1) is 27.3. The fraction of sp³-hybridized carbons (Fsp3) is 0. The van der Waals surface area contributed by atoms with Crippen molar-refractivity contribution in [3.05, 3.63) is 152 Å². The van der Waals surface area contributed by atoms with E-state index in [0.717, 1.165) is 38.8 Å². The minimum atomic E-state index is 0.632. The highest BCUT2D eigenvalue weighted by molar-refractivity contribution is 7.25. The maximum Gasteiger partial charge on any atom is 0.236 e. The second-order valence-corrected chi connectivity index (χ2v) is 15.9. The van der Waals surface area contributed by atoms with E-state index in [1.165, 1.54) is 84.8 Å². The molecule has 0 radical (unpaired) electrons. The largest absolute Gasteiger partial charge is 0.452 e.